The first-order valence-electron chi connectivity index (χ1n) is 18.3. The Bertz CT molecular complexity index is 1490. The first-order chi connectivity index (χ1) is 20.5. The quantitative estimate of drug-likeness (QED) is 0.327. The number of rotatable bonds is 2. The summed E-state index contributed by atoms with van der Waals surface area (Å²) >= 11 is 0. The van der Waals surface area contributed by atoms with E-state index in [4.69, 9.17) is 0 Å². The fourth-order valence-corrected chi connectivity index (χ4v) is 11.4. The molecule has 0 aliphatic heterocycles. The monoisotopic (exact) mass is 588 g/mol. The van der Waals surface area contributed by atoms with Crippen LogP contribution in [-0.4, -0.2) is 0 Å². The molecular formula is C44H60. The third-order valence-electron chi connectivity index (χ3n) is 13.1. The van der Waals surface area contributed by atoms with E-state index in [1.54, 1.807) is 27.8 Å². The van der Waals surface area contributed by atoms with Gasteiger partial charge in [-0.3, -0.25) is 0 Å². The van der Waals surface area contributed by atoms with Crippen LogP contribution in [0, 0.1) is 42.4 Å². The second-order valence-electron chi connectivity index (χ2n) is 18.9. The van der Waals surface area contributed by atoms with Crippen molar-refractivity contribution < 1.29 is 0 Å². The van der Waals surface area contributed by atoms with Gasteiger partial charge in [0.25, 0.3) is 0 Å². The molecule has 0 amide bonds. The van der Waals surface area contributed by atoms with Crippen LogP contribution in [0.3, 0.4) is 0 Å². The minimum absolute atomic E-state index is 0.130. The molecule has 2 saturated carbocycles. The Labute approximate surface area is 270 Å². The second kappa shape index (κ2) is 9.96. The normalized spacial score (nSPS) is 27.5. The maximum absolute atomic E-state index is 2.81. The average Bonchev–Trinajstić information content (AvgIpc) is 3.67. The highest BCUT2D eigenvalue weighted by Gasteiger charge is 2.64. The highest BCUT2D eigenvalue weighted by molar-refractivity contribution is 5.83. The average molecular weight is 589 g/mol. The molecule has 0 aromatic heterocycles. The van der Waals surface area contributed by atoms with Crippen molar-refractivity contribution in [1.29, 1.82) is 0 Å². The molecule has 0 heterocycles. The molecule has 0 radical (unpaired) electrons. The van der Waals surface area contributed by atoms with E-state index in [1.165, 1.54) is 80.0 Å². The predicted octanol–water partition coefficient (Wildman–Crippen LogP) is 12.7. The van der Waals surface area contributed by atoms with Crippen LogP contribution in [0.1, 0.15) is 159 Å². The van der Waals surface area contributed by atoms with Crippen LogP contribution in [0.25, 0.3) is 11.1 Å². The largest absolute Gasteiger partial charge is 0.0605 e. The minimum atomic E-state index is 0.130. The molecule has 2 aromatic carbocycles. The van der Waals surface area contributed by atoms with Gasteiger partial charge in [0.05, 0.1) is 0 Å². The molecule has 3 atom stereocenters. The van der Waals surface area contributed by atoms with Gasteiger partial charge in [-0.15, -0.1) is 0 Å². The van der Waals surface area contributed by atoms with Crippen molar-refractivity contribution >= 4 is 0 Å². The van der Waals surface area contributed by atoms with Gasteiger partial charge in [0, 0.05) is 11.3 Å². The molecule has 0 bridgehead atoms. The summed E-state index contributed by atoms with van der Waals surface area (Å²) in [6.45, 7) is 26.6. The summed E-state index contributed by atoms with van der Waals surface area (Å²) in [5.41, 5.74) is 18.6. The highest BCUT2D eigenvalue weighted by atomic mass is 14.7. The maximum Gasteiger partial charge on any atom is 0.0204 e. The van der Waals surface area contributed by atoms with Crippen LogP contribution in [0.5, 0.6) is 0 Å². The zero-order valence-corrected chi connectivity index (χ0v) is 30.1. The summed E-state index contributed by atoms with van der Waals surface area (Å²) < 4.78 is 0. The molecule has 5 aliphatic rings. The number of allylic oxidation sites excluding steroid dienone is 4. The van der Waals surface area contributed by atoms with Crippen molar-refractivity contribution in [1.82, 2.24) is 0 Å². The second-order valence-corrected chi connectivity index (χ2v) is 18.9. The summed E-state index contributed by atoms with van der Waals surface area (Å²) in [5.74, 6) is 2.83. The van der Waals surface area contributed by atoms with Crippen LogP contribution in [0.2, 0.25) is 0 Å². The van der Waals surface area contributed by atoms with Gasteiger partial charge in [0.15, 0.2) is 0 Å². The molecule has 236 valence electrons. The molecule has 3 unspecified atom stereocenters. The lowest BCUT2D eigenvalue weighted by Gasteiger charge is -2.51. The number of fused-ring (bicyclic) bond motifs is 5. The summed E-state index contributed by atoms with van der Waals surface area (Å²) in [6, 6.07) is 10.7. The lowest BCUT2D eigenvalue weighted by molar-refractivity contribution is 0.0705. The molecule has 0 N–H and O–H groups in total. The Morgan fingerprint density at radius 2 is 1.16 bits per heavy atom. The number of aryl methyl sites for hydroxylation is 2. The first-order valence-corrected chi connectivity index (χ1v) is 18.3. The number of hydrogen-bond donors (Lipinski definition) is 0. The van der Waals surface area contributed by atoms with E-state index >= 15 is 0 Å². The van der Waals surface area contributed by atoms with Gasteiger partial charge in [0.1, 0.15) is 0 Å². The Morgan fingerprint density at radius 1 is 0.614 bits per heavy atom. The van der Waals surface area contributed by atoms with Crippen molar-refractivity contribution in [2.45, 2.75) is 151 Å². The maximum atomic E-state index is 2.81. The van der Waals surface area contributed by atoms with Gasteiger partial charge < -0.3 is 0 Å². The van der Waals surface area contributed by atoms with E-state index in [-0.39, 0.29) is 21.7 Å². The van der Waals surface area contributed by atoms with Crippen molar-refractivity contribution in [3.63, 3.8) is 0 Å². The first kappa shape index (κ1) is 30.6. The van der Waals surface area contributed by atoms with E-state index in [0.717, 1.165) is 17.8 Å². The Morgan fingerprint density at radius 3 is 1.66 bits per heavy atom. The molecule has 0 nitrogen and oxygen atoms in total. The molecule has 2 aromatic rings. The van der Waals surface area contributed by atoms with Gasteiger partial charge in [-0.1, -0.05) is 129 Å². The fraction of sp³-hybridized carbons (Fsp3) is 0.636. The summed E-state index contributed by atoms with van der Waals surface area (Å²) in [7, 11) is 0. The zero-order valence-electron chi connectivity index (χ0n) is 30.1. The lowest BCUT2D eigenvalue weighted by Crippen LogP contribution is -2.44. The third kappa shape index (κ3) is 4.35. The van der Waals surface area contributed by atoms with Crippen molar-refractivity contribution in [3.05, 3.63) is 80.4 Å². The molecular weight excluding hydrogens is 528 g/mol. The lowest BCUT2D eigenvalue weighted by atomic mass is 9.52. The standard InChI is InChI=1S/C44H60/c1-26-20-34-31(24-37(26)42(6,7)8)32-25-38(43(9,10)11)27(2)21-35(32)40(34)44(28-16-13-12-14-17-28)36-19-15-18-30(36)33-22-29(23-39(33)44)41(3,4)5/h20-21,23-25,28,30,36,40H,12-19,22H2,1-11H3. The van der Waals surface area contributed by atoms with Gasteiger partial charge in [-0.05, 0) is 130 Å². The molecule has 0 saturated heterocycles. The summed E-state index contributed by atoms with van der Waals surface area (Å²) in [6.07, 6.45) is 15.4. The van der Waals surface area contributed by atoms with Crippen LogP contribution in [0.15, 0.2) is 47.1 Å². The summed E-state index contributed by atoms with van der Waals surface area (Å²) in [5, 5.41) is 0. The van der Waals surface area contributed by atoms with Crippen LogP contribution < -0.4 is 0 Å². The molecule has 5 aliphatic carbocycles. The van der Waals surface area contributed by atoms with Gasteiger partial charge in [-0.2, -0.15) is 0 Å². The Hall–Kier alpha value is -2.08. The van der Waals surface area contributed by atoms with E-state index in [0.29, 0.717) is 5.92 Å². The smallest absolute Gasteiger partial charge is 0.0204 e. The van der Waals surface area contributed by atoms with Crippen molar-refractivity contribution in [3.8, 4) is 11.1 Å². The zero-order chi connectivity index (χ0) is 31.6. The number of benzene rings is 2. The predicted molar refractivity (Wildman–Crippen MR) is 190 cm³/mol. The molecule has 7 rings (SSSR count). The molecule has 44 heavy (non-hydrogen) atoms. The van der Waals surface area contributed by atoms with Crippen molar-refractivity contribution in [2.24, 2.45) is 28.6 Å². The van der Waals surface area contributed by atoms with E-state index in [9.17, 15) is 0 Å². The van der Waals surface area contributed by atoms with E-state index in [1.807, 2.05) is 11.1 Å². The van der Waals surface area contributed by atoms with Crippen LogP contribution >= 0.6 is 0 Å². The highest BCUT2D eigenvalue weighted by Crippen LogP contribution is 2.74. The SMILES string of the molecule is Cc1cc2c(cc1C(C)(C)C)-c1cc(C(C)(C)C)c(C)cc1C2C1(C2CCCCC2)C2=C(CC(C(C)(C)C)=C2)C2CCCC21. The Kier molecular flexibility index (Phi) is 6.92. The van der Waals surface area contributed by atoms with Crippen LogP contribution in [-0.2, 0) is 10.8 Å². The summed E-state index contributed by atoms with van der Waals surface area (Å²) in [4.78, 5) is 0. The fourth-order valence-electron chi connectivity index (χ4n) is 11.4. The molecule has 0 heteroatoms. The molecule has 0 spiro atoms. The van der Waals surface area contributed by atoms with Crippen molar-refractivity contribution in [2.75, 3.05) is 0 Å². The number of hydrogen-bond acceptors (Lipinski definition) is 0. The third-order valence-corrected chi connectivity index (χ3v) is 13.1. The molecule has 2 fully saturated rings. The van der Waals surface area contributed by atoms with Crippen LogP contribution in [0.4, 0.5) is 0 Å². The minimum Gasteiger partial charge on any atom is -0.0605 e. The van der Waals surface area contributed by atoms with Gasteiger partial charge >= 0.3 is 0 Å². The van der Waals surface area contributed by atoms with E-state index < -0.39 is 0 Å². The van der Waals surface area contributed by atoms with Gasteiger partial charge in [0.2, 0.25) is 0 Å². The van der Waals surface area contributed by atoms with Gasteiger partial charge in [-0.25, -0.2) is 0 Å². The Balaban J connectivity index is 1.57. The topological polar surface area (TPSA) is 0 Å². The van der Waals surface area contributed by atoms with E-state index in [2.05, 4.69) is 107 Å².